The normalized spacial score (nSPS) is 11.5. The first kappa shape index (κ1) is 12.1. The van der Waals surface area contributed by atoms with Gasteiger partial charge < -0.3 is 5.73 Å². The Bertz CT molecular complexity index is 235. The van der Waals surface area contributed by atoms with E-state index in [4.69, 9.17) is 5.73 Å². The molecule has 13 heavy (non-hydrogen) atoms. The third-order valence-corrected chi connectivity index (χ3v) is 1.74. The van der Waals surface area contributed by atoms with Gasteiger partial charge in [0, 0.05) is 11.6 Å². The highest BCUT2D eigenvalue weighted by Gasteiger charge is 2.06. The molecule has 1 nitrogen and oxygen atoms in total. The van der Waals surface area contributed by atoms with E-state index in [0.29, 0.717) is 5.56 Å². The quantitative estimate of drug-likeness (QED) is 0.748. The van der Waals surface area contributed by atoms with Gasteiger partial charge in [-0.3, -0.25) is 0 Å². The molecule has 0 saturated heterocycles. The Hall–Kier alpha value is -0.890. The first-order valence-electron chi connectivity index (χ1n) is 4.75. The van der Waals surface area contributed by atoms with E-state index in [1.54, 1.807) is 18.2 Å². The fourth-order valence-corrected chi connectivity index (χ4v) is 0.996. The summed E-state index contributed by atoms with van der Waals surface area (Å²) in [6, 6.07) is 6.46. The van der Waals surface area contributed by atoms with E-state index in [-0.39, 0.29) is 11.9 Å². The van der Waals surface area contributed by atoms with Crippen molar-refractivity contribution in [1.29, 1.82) is 0 Å². The van der Waals surface area contributed by atoms with Crippen LogP contribution in [0.15, 0.2) is 24.3 Å². The molecule has 0 saturated carbocycles. The van der Waals surface area contributed by atoms with Crippen LogP contribution in [0.25, 0.3) is 0 Å². The summed E-state index contributed by atoms with van der Waals surface area (Å²) < 4.78 is 12.9. The molecular formula is C11H18FN. The summed E-state index contributed by atoms with van der Waals surface area (Å²) in [6.07, 6.45) is 0.765. The lowest BCUT2D eigenvalue weighted by Crippen LogP contribution is -2.10. The summed E-state index contributed by atoms with van der Waals surface area (Å²) >= 11 is 0. The minimum atomic E-state index is -0.207. The largest absolute Gasteiger partial charge is 0.324 e. The van der Waals surface area contributed by atoms with Crippen molar-refractivity contribution in [3.05, 3.63) is 35.6 Å². The van der Waals surface area contributed by atoms with E-state index < -0.39 is 0 Å². The minimum Gasteiger partial charge on any atom is -0.324 e. The zero-order chi connectivity index (χ0) is 10.3. The molecule has 0 bridgehead atoms. The van der Waals surface area contributed by atoms with Gasteiger partial charge in [0.1, 0.15) is 5.82 Å². The smallest absolute Gasteiger partial charge is 0.127 e. The minimum absolute atomic E-state index is 0.170. The predicted octanol–water partition coefficient (Wildman–Crippen LogP) is 3.26. The SMILES string of the molecule is CC.CCC(N)c1ccccc1F. The number of rotatable bonds is 2. The lowest BCUT2D eigenvalue weighted by atomic mass is 10.1. The molecule has 2 N–H and O–H groups in total. The molecule has 1 atom stereocenters. The van der Waals surface area contributed by atoms with Gasteiger partial charge in [0.15, 0.2) is 0 Å². The lowest BCUT2D eigenvalue weighted by molar-refractivity contribution is 0.575. The van der Waals surface area contributed by atoms with E-state index in [2.05, 4.69) is 0 Å². The summed E-state index contributed by atoms with van der Waals surface area (Å²) in [6.45, 7) is 5.94. The van der Waals surface area contributed by atoms with Crippen molar-refractivity contribution in [2.75, 3.05) is 0 Å². The molecule has 74 valence electrons. The number of hydrogen-bond acceptors (Lipinski definition) is 1. The zero-order valence-corrected chi connectivity index (χ0v) is 8.55. The second-order valence-electron chi connectivity index (χ2n) is 2.54. The Morgan fingerprint density at radius 1 is 1.31 bits per heavy atom. The van der Waals surface area contributed by atoms with Crippen molar-refractivity contribution in [3.63, 3.8) is 0 Å². The fourth-order valence-electron chi connectivity index (χ4n) is 0.996. The molecule has 0 aliphatic rings. The van der Waals surface area contributed by atoms with Crippen molar-refractivity contribution in [2.24, 2.45) is 5.73 Å². The van der Waals surface area contributed by atoms with Crippen LogP contribution in [0.5, 0.6) is 0 Å². The van der Waals surface area contributed by atoms with Crippen LogP contribution in [0.2, 0.25) is 0 Å². The Morgan fingerprint density at radius 3 is 2.31 bits per heavy atom. The maximum atomic E-state index is 12.9. The van der Waals surface area contributed by atoms with Crippen molar-refractivity contribution in [2.45, 2.75) is 33.2 Å². The van der Waals surface area contributed by atoms with E-state index in [9.17, 15) is 4.39 Å². The van der Waals surface area contributed by atoms with Crippen LogP contribution in [0, 0.1) is 5.82 Å². The van der Waals surface area contributed by atoms with Crippen LogP contribution in [0.1, 0.15) is 38.8 Å². The lowest BCUT2D eigenvalue weighted by Gasteiger charge is -2.08. The van der Waals surface area contributed by atoms with Gasteiger partial charge in [-0.2, -0.15) is 0 Å². The number of halogens is 1. The maximum Gasteiger partial charge on any atom is 0.127 e. The average Bonchev–Trinajstić information content (AvgIpc) is 2.20. The molecule has 1 aromatic carbocycles. The van der Waals surface area contributed by atoms with Crippen molar-refractivity contribution >= 4 is 0 Å². The molecule has 1 unspecified atom stereocenters. The van der Waals surface area contributed by atoms with Crippen LogP contribution in [-0.4, -0.2) is 0 Å². The van der Waals surface area contributed by atoms with E-state index in [1.165, 1.54) is 6.07 Å². The number of hydrogen-bond donors (Lipinski definition) is 1. The molecule has 0 radical (unpaired) electrons. The molecule has 0 aromatic heterocycles. The zero-order valence-electron chi connectivity index (χ0n) is 8.55. The maximum absolute atomic E-state index is 12.9. The standard InChI is InChI=1S/C9H12FN.C2H6/c1-2-9(11)7-5-3-4-6-8(7)10;1-2/h3-6,9H,2,11H2,1H3;1-2H3. The second-order valence-corrected chi connectivity index (χ2v) is 2.54. The van der Waals surface area contributed by atoms with Crippen LogP contribution in [0.3, 0.4) is 0 Å². The van der Waals surface area contributed by atoms with Gasteiger partial charge in [-0.15, -0.1) is 0 Å². The highest BCUT2D eigenvalue weighted by molar-refractivity contribution is 5.20. The van der Waals surface area contributed by atoms with Crippen molar-refractivity contribution in [1.82, 2.24) is 0 Å². The summed E-state index contributed by atoms with van der Waals surface area (Å²) in [5.74, 6) is -0.207. The predicted molar refractivity (Wildman–Crippen MR) is 55.0 cm³/mol. The van der Waals surface area contributed by atoms with Gasteiger partial charge in [-0.05, 0) is 12.5 Å². The monoisotopic (exact) mass is 183 g/mol. The second kappa shape index (κ2) is 6.61. The molecule has 0 spiro atoms. The van der Waals surface area contributed by atoms with Gasteiger partial charge in [0.25, 0.3) is 0 Å². The molecule has 2 heteroatoms. The third kappa shape index (κ3) is 3.55. The summed E-state index contributed by atoms with van der Waals surface area (Å²) in [7, 11) is 0. The molecule has 0 fully saturated rings. The number of nitrogens with two attached hydrogens (primary N) is 1. The topological polar surface area (TPSA) is 26.0 Å². The van der Waals surface area contributed by atoms with E-state index >= 15 is 0 Å². The third-order valence-electron chi connectivity index (χ3n) is 1.74. The molecular weight excluding hydrogens is 165 g/mol. The van der Waals surface area contributed by atoms with Gasteiger partial charge in [0.05, 0.1) is 0 Å². The van der Waals surface area contributed by atoms with Gasteiger partial charge >= 0.3 is 0 Å². The molecule has 1 rings (SSSR count). The van der Waals surface area contributed by atoms with Crippen LogP contribution >= 0.6 is 0 Å². The summed E-state index contributed by atoms with van der Waals surface area (Å²) in [4.78, 5) is 0. The van der Waals surface area contributed by atoms with Crippen LogP contribution in [0.4, 0.5) is 4.39 Å². The van der Waals surface area contributed by atoms with Crippen molar-refractivity contribution < 1.29 is 4.39 Å². The van der Waals surface area contributed by atoms with Crippen molar-refractivity contribution in [3.8, 4) is 0 Å². The molecule has 0 aliphatic carbocycles. The van der Waals surface area contributed by atoms with E-state index in [0.717, 1.165) is 6.42 Å². The molecule has 1 aromatic rings. The Kier molecular flexibility index (Phi) is 6.15. The van der Waals surface area contributed by atoms with Crippen LogP contribution < -0.4 is 5.73 Å². The average molecular weight is 183 g/mol. The Labute approximate surface area is 79.8 Å². The summed E-state index contributed by atoms with van der Waals surface area (Å²) in [5, 5.41) is 0. The van der Waals surface area contributed by atoms with Gasteiger partial charge in [-0.25, -0.2) is 4.39 Å². The molecule has 0 aliphatic heterocycles. The first-order valence-corrected chi connectivity index (χ1v) is 4.75. The highest BCUT2D eigenvalue weighted by Crippen LogP contribution is 2.16. The summed E-state index contributed by atoms with van der Waals surface area (Å²) in [5.41, 5.74) is 6.26. The fraction of sp³-hybridized carbons (Fsp3) is 0.455. The molecule has 0 heterocycles. The number of benzene rings is 1. The molecule has 0 amide bonds. The van der Waals surface area contributed by atoms with Gasteiger partial charge in [-0.1, -0.05) is 39.0 Å². The highest BCUT2D eigenvalue weighted by atomic mass is 19.1. The van der Waals surface area contributed by atoms with E-state index in [1.807, 2.05) is 20.8 Å². The van der Waals surface area contributed by atoms with Gasteiger partial charge in [0.2, 0.25) is 0 Å². The first-order chi connectivity index (χ1) is 6.25. The Balaban J connectivity index is 0.000000671. The Morgan fingerprint density at radius 2 is 1.85 bits per heavy atom. The van der Waals surface area contributed by atoms with Crippen LogP contribution in [-0.2, 0) is 0 Å².